The third-order valence-corrected chi connectivity index (χ3v) is 2.61. The molecule has 0 saturated carbocycles. The first-order chi connectivity index (χ1) is 5.83. The van der Waals surface area contributed by atoms with Gasteiger partial charge in [-0.05, 0) is 32.6 Å². The van der Waals surface area contributed by atoms with E-state index in [2.05, 4.69) is 12.2 Å². The largest absolute Gasteiger partial charge is 0.385 e. The molecule has 0 radical (unpaired) electrons. The van der Waals surface area contributed by atoms with Crippen molar-refractivity contribution >= 4 is 0 Å². The number of hydrogen-bond donors (Lipinski definition) is 1. The molecular weight excluding hydrogens is 150 g/mol. The van der Waals surface area contributed by atoms with E-state index in [1.165, 1.54) is 32.1 Å². The monoisotopic (exact) mass is 171 g/mol. The van der Waals surface area contributed by atoms with Crippen molar-refractivity contribution in [2.45, 2.75) is 51.1 Å². The molecule has 2 atom stereocenters. The van der Waals surface area contributed by atoms with Crippen LogP contribution in [0.15, 0.2) is 0 Å². The number of rotatable bonds is 4. The molecule has 0 aliphatic carbocycles. The van der Waals surface area contributed by atoms with Crippen LogP contribution in [0.5, 0.6) is 0 Å². The molecule has 1 heterocycles. The second kappa shape index (κ2) is 5.55. The van der Waals surface area contributed by atoms with Gasteiger partial charge in [0.1, 0.15) is 0 Å². The van der Waals surface area contributed by atoms with E-state index >= 15 is 0 Å². The van der Waals surface area contributed by atoms with Gasteiger partial charge in [-0.25, -0.2) is 0 Å². The van der Waals surface area contributed by atoms with Crippen LogP contribution in [-0.4, -0.2) is 25.8 Å². The Morgan fingerprint density at radius 1 is 1.42 bits per heavy atom. The molecule has 1 aliphatic heterocycles. The summed E-state index contributed by atoms with van der Waals surface area (Å²) < 4.78 is 5.03. The zero-order valence-corrected chi connectivity index (χ0v) is 8.31. The van der Waals surface area contributed by atoms with Crippen molar-refractivity contribution in [1.29, 1.82) is 0 Å². The molecule has 2 unspecified atom stereocenters. The van der Waals surface area contributed by atoms with Crippen LogP contribution < -0.4 is 5.32 Å². The van der Waals surface area contributed by atoms with E-state index in [-0.39, 0.29) is 0 Å². The van der Waals surface area contributed by atoms with E-state index in [4.69, 9.17) is 4.74 Å². The first kappa shape index (κ1) is 10.0. The van der Waals surface area contributed by atoms with Crippen molar-refractivity contribution in [2.75, 3.05) is 13.7 Å². The van der Waals surface area contributed by atoms with Crippen LogP contribution in [0, 0.1) is 0 Å². The van der Waals surface area contributed by atoms with Crippen LogP contribution in [0.3, 0.4) is 0 Å². The predicted octanol–water partition coefficient (Wildman–Crippen LogP) is 1.94. The summed E-state index contributed by atoms with van der Waals surface area (Å²) in [6.07, 6.45) is 6.57. The molecule has 0 bridgehead atoms. The zero-order chi connectivity index (χ0) is 8.81. The van der Waals surface area contributed by atoms with E-state index in [9.17, 15) is 0 Å². The molecule has 2 heteroatoms. The van der Waals surface area contributed by atoms with Crippen LogP contribution in [0.2, 0.25) is 0 Å². The summed E-state index contributed by atoms with van der Waals surface area (Å²) in [6, 6.07) is 1.48. The number of hydrogen-bond acceptors (Lipinski definition) is 2. The first-order valence-electron chi connectivity index (χ1n) is 5.08. The predicted molar refractivity (Wildman–Crippen MR) is 51.3 cm³/mol. The van der Waals surface area contributed by atoms with Crippen LogP contribution in [0.25, 0.3) is 0 Å². The van der Waals surface area contributed by atoms with E-state index in [0.717, 1.165) is 18.7 Å². The first-order valence-corrected chi connectivity index (χ1v) is 5.08. The third-order valence-electron chi connectivity index (χ3n) is 2.61. The van der Waals surface area contributed by atoms with Gasteiger partial charge in [0.05, 0.1) is 0 Å². The molecule has 0 amide bonds. The quantitative estimate of drug-likeness (QED) is 0.653. The Balaban J connectivity index is 2.06. The Morgan fingerprint density at radius 3 is 2.92 bits per heavy atom. The molecule has 2 nitrogen and oxygen atoms in total. The molecule has 72 valence electrons. The fourth-order valence-corrected chi connectivity index (χ4v) is 1.94. The minimum absolute atomic E-state index is 0.728. The summed E-state index contributed by atoms with van der Waals surface area (Å²) in [4.78, 5) is 0. The van der Waals surface area contributed by atoms with Crippen molar-refractivity contribution in [2.24, 2.45) is 0 Å². The summed E-state index contributed by atoms with van der Waals surface area (Å²) in [5.41, 5.74) is 0. The summed E-state index contributed by atoms with van der Waals surface area (Å²) in [6.45, 7) is 3.19. The summed E-state index contributed by atoms with van der Waals surface area (Å²) in [5, 5.41) is 3.62. The highest BCUT2D eigenvalue weighted by molar-refractivity contribution is 4.77. The lowest BCUT2D eigenvalue weighted by atomic mass is 9.96. The van der Waals surface area contributed by atoms with Gasteiger partial charge in [0.15, 0.2) is 0 Å². The van der Waals surface area contributed by atoms with E-state index < -0.39 is 0 Å². The summed E-state index contributed by atoms with van der Waals surface area (Å²) >= 11 is 0. The summed E-state index contributed by atoms with van der Waals surface area (Å²) in [7, 11) is 1.77. The maximum atomic E-state index is 5.03. The lowest BCUT2D eigenvalue weighted by Crippen LogP contribution is -2.40. The van der Waals surface area contributed by atoms with Gasteiger partial charge in [0.2, 0.25) is 0 Å². The third kappa shape index (κ3) is 3.55. The molecule has 1 saturated heterocycles. The maximum absolute atomic E-state index is 5.03. The van der Waals surface area contributed by atoms with E-state index in [0.29, 0.717) is 0 Å². The highest BCUT2D eigenvalue weighted by Gasteiger charge is 2.16. The summed E-state index contributed by atoms with van der Waals surface area (Å²) in [5.74, 6) is 0. The van der Waals surface area contributed by atoms with Gasteiger partial charge < -0.3 is 10.1 Å². The SMILES string of the molecule is COCCCC1CCCC(C)N1. The van der Waals surface area contributed by atoms with Gasteiger partial charge >= 0.3 is 0 Å². The Bertz CT molecular complexity index is 116. The zero-order valence-electron chi connectivity index (χ0n) is 8.31. The fourth-order valence-electron chi connectivity index (χ4n) is 1.94. The van der Waals surface area contributed by atoms with Crippen LogP contribution in [-0.2, 0) is 4.74 Å². The Kier molecular flexibility index (Phi) is 4.62. The van der Waals surface area contributed by atoms with Crippen molar-refractivity contribution in [3.05, 3.63) is 0 Å². The Hall–Kier alpha value is -0.0800. The van der Waals surface area contributed by atoms with Gasteiger partial charge in [0, 0.05) is 25.8 Å². The fraction of sp³-hybridized carbons (Fsp3) is 1.00. The lowest BCUT2D eigenvalue weighted by Gasteiger charge is -2.28. The van der Waals surface area contributed by atoms with Crippen molar-refractivity contribution in [3.63, 3.8) is 0 Å². The minimum atomic E-state index is 0.728. The second-order valence-electron chi connectivity index (χ2n) is 3.83. The number of methoxy groups -OCH3 is 1. The molecule has 12 heavy (non-hydrogen) atoms. The second-order valence-corrected chi connectivity index (χ2v) is 3.83. The molecule has 1 fully saturated rings. The van der Waals surface area contributed by atoms with Gasteiger partial charge in [-0.2, -0.15) is 0 Å². The van der Waals surface area contributed by atoms with Crippen LogP contribution in [0.4, 0.5) is 0 Å². The van der Waals surface area contributed by atoms with Crippen LogP contribution in [0.1, 0.15) is 39.0 Å². The molecule has 0 aromatic rings. The number of piperidine rings is 1. The lowest BCUT2D eigenvalue weighted by molar-refractivity contribution is 0.184. The number of nitrogens with one attached hydrogen (secondary N) is 1. The van der Waals surface area contributed by atoms with E-state index in [1.54, 1.807) is 7.11 Å². The van der Waals surface area contributed by atoms with Gasteiger partial charge in [-0.15, -0.1) is 0 Å². The Labute approximate surface area is 75.7 Å². The van der Waals surface area contributed by atoms with Crippen LogP contribution >= 0.6 is 0 Å². The van der Waals surface area contributed by atoms with Crippen molar-refractivity contribution in [3.8, 4) is 0 Å². The van der Waals surface area contributed by atoms with E-state index in [1.807, 2.05) is 0 Å². The smallest absolute Gasteiger partial charge is 0.0462 e. The molecule has 0 aromatic carbocycles. The average Bonchev–Trinajstić information content (AvgIpc) is 2.05. The molecule has 1 rings (SSSR count). The highest BCUT2D eigenvalue weighted by atomic mass is 16.5. The molecule has 0 spiro atoms. The maximum Gasteiger partial charge on any atom is 0.0462 e. The van der Waals surface area contributed by atoms with Crippen molar-refractivity contribution < 1.29 is 4.74 Å². The average molecular weight is 171 g/mol. The molecule has 1 aliphatic rings. The van der Waals surface area contributed by atoms with Gasteiger partial charge in [-0.3, -0.25) is 0 Å². The highest BCUT2D eigenvalue weighted by Crippen LogP contribution is 2.15. The Morgan fingerprint density at radius 2 is 2.25 bits per heavy atom. The minimum Gasteiger partial charge on any atom is -0.385 e. The van der Waals surface area contributed by atoms with Gasteiger partial charge in [-0.1, -0.05) is 6.42 Å². The van der Waals surface area contributed by atoms with Gasteiger partial charge in [0.25, 0.3) is 0 Å². The topological polar surface area (TPSA) is 21.3 Å². The normalized spacial score (nSPS) is 30.5. The molecule has 1 N–H and O–H groups in total. The van der Waals surface area contributed by atoms with Crippen molar-refractivity contribution in [1.82, 2.24) is 5.32 Å². The molecular formula is C10H21NO. The molecule has 0 aromatic heterocycles. The standard InChI is InChI=1S/C10H21NO/c1-9-5-3-6-10(11-9)7-4-8-12-2/h9-11H,3-8H2,1-2H3. The number of ether oxygens (including phenoxy) is 1.